The normalized spacial score (nSPS) is 15.2. The van der Waals surface area contributed by atoms with Crippen LogP contribution >= 0.6 is 103 Å². The highest BCUT2D eigenvalue weighted by molar-refractivity contribution is 14.1. The van der Waals surface area contributed by atoms with Crippen molar-refractivity contribution in [3.05, 3.63) is 203 Å². The zero-order valence-electron chi connectivity index (χ0n) is 43.0. The van der Waals surface area contributed by atoms with Crippen LogP contribution < -0.4 is 9.34 Å². The van der Waals surface area contributed by atoms with Gasteiger partial charge in [-0.15, -0.1) is 34.0 Å². The lowest BCUT2D eigenvalue weighted by molar-refractivity contribution is -0.137. The maximum Gasteiger partial charge on any atom is 0.417 e. The van der Waals surface area contributed by atoms with Crippen LogP contribution in [0.4, 0.5) is 78.0 Å². The van der Waals surface area contributed by atoms with Crippen molar-refractivity contribution in [2.45, 2.75) is 56.0 Å². The standard InChI is InChI=1S/C64H37F10I3N4S3/c65-50-30-25-37(31-46(50)41-27-29-49(64(72,73)74)61-55(41)45-12-5-15-52(58(45)83-61)79(75)35-21-17-33(32-78)18-22-35)81(77)53-16-6-11-44-54-40(26-28-48(63(69,70)71)60(54)84-59(44)53)39-8-2-1-7-38(39)34-19-23-36(24-20-34)80(76)51-14-4-10-43-42-9-3-13-47(62(66,67)68)56(42)82-57(43)51/h3-6,9-31,38-39H,1-2,7-8H2. The van der Waals surface area contributed by atoms with Crippen LogP contribution in [0.1, 0.15) is 70.9 Å². The zero-order chi connectivity index (χ0) is 58.7. The molecule has 422 valence electrons. The number of anilines is 6. The van der Waals surface area contributed by atoms with Crippen LogP contribution in [0.3, 0.4) is 0 Å². The van der Waals surface area contributed by atoms with E-state index in [0.29, 0.717) is 64.0 Å². The molecule has 20 heteroatoms. The molecule has 13 rings (SSSR count). The fourth-order valence-corrected chi connectivity index (χ4v) is 18.7. The second kappa shape index (κ2) is 21.8. The maximum atomic E-state index is 16.5. The second-order valence-electron chi connectivity index (χ2n) is 20.5. The molecule has 3 heterocycles. The monoisotopic (exact) mass is 1530 g/mol. The fourth-order valence-electron chi connectivity index (χ4n) is 12.0. The van der Waals surface area contributed by atoms with Crippen LogP contribution in [-0.4, -0.2) is 0 Å². The molecule has 1 saturated carbocycles. The van der Waals surface area contributed by atoms with E-state index >= 15 is 17.6 Å². The van der Waals surface area contributed by atoms with E-state index in [9.17, 15) is 31.6 Å². The molecule has 0 saturated heterocycles. The van der Waals surface area contributed by atoms with Crippen molar-refractivity contribution < 1.29 is 43.9 Å². The molecule has 1 fully saturated rings. The largest absolute Gasteiger partial charge is 0.417 e. The minimum Gasteiger partial charge on any atom is -0.282 e. The molecule has 0 spiro atoms. The van der Waals surface area contributed by atoms with E-state index in [2.05, 4.69) is 74.7 Å². The summed E-state index contributed by atoms with van der Waals surface area (Å²) in [5.74, 6) is -0.921. The van der Waals surface area contributed by atoms with Crippen LogP contribution in [0.25, 0.3) is 71.6 Å². The van der Waals surface area contributed by atoms with Gasteiger partial charge in [0.1, 0.15) is 5.82 Å². The van der Waals surface area contributed by atoms with Gasteiger partial charge >= 0.3 is 18.5 Å². The number of benzene rings is 9. The van der Waals surface area contributed by atoms with E-state index in [1.165, 1.54) is 30.3 Å². The first-order valence-electron chi connectivity index (χ1n) is 26.1. The molecule has 1 aliphatic rings. The number of thiophene rings is 3. The van der Waals surface area contributed by atoms with Gasteiger partial charge in [-0.25, -0.2) is 4.39 Å². The first kappa shape index (κ1) is 57.1. The summed E-state index contributed by atoms with van der Waals surface area (Å²) < 4.78 is 157. The SMILES string of the molecule is N#Cc1ccc(N(I)c2cccc3c2sc2c(C(F)(F)F)ccc(-c4cc(N(I)c5cccc6c5sc5c(C(F)(F)F)ccc(C7CCCCC7c7ccc(N(I)c8cccc9c8sc8c(C(F)(F)F)cccc89)cc7)c56)ccc4F)c23)cc1. The third-order valence-electron chi connectivity index (χ3n) is 15.7. The molecule has 0 radical (unpaired) electrons. The van der Waals surface area contributed by atoms with Crippen LogP contribution in [0.5, 0.6) is 0 Å². The molecule has 84 heavy (non-hydrogen) atoms. The van der Waals surface area contributed by atoms with Gasteiger partial charge in [0.05, 0.1) is 145 Å². The lowest BCUT2D eigenvalue weighted by atomic mass is 9.71. The number of halogens is 13. The molecular weight excluding hydrogens is 1490 g/mol. The van der Waals surface area contributed by atoms with E-state index in [1.807, 2.05) is 51.6 Å². The van der Waals surface area contributed by atoms with Crippen LogP contribution in [0.15, 0.2) is 164 Å². The molecule has 0 N–H and O–H groups in total. The van der Waals surface area contributed by atoms with E-state index in [1.54, 1.807) is 79.0 Å². The number of alkyl halides is 9. The summed E-state index contributed by atoms with van der Waals surface area (Å²) in [6.45, 7) is 0. The minimum atomic E-state index is -4.75. The first-order valence-corrected chi connectivity index (χ1v) is 31.4. The Kier molecular flexibility index (Phi) is 14.8. The predicted octanol–water partition coefficient (Wildman–Crippen LogP) is 24.4. The van der Waals surface area contributed by atoms with E-state index in [4.69, 9.17) is 0 Å². The van der Waals surface area contributed by atoms with Crippen molar-refractivity contribution in [1.82, 2.24) is 0 Å². The molecule has 0 amide bonds. The number of hydrogen-bond acceptors (Lipinski definition) is 7. The summed E-state index contributed by atoms with van der Waals surface area (Å²) in [5, 5.41) is 12.4. The van der Waals surface area contributed by atoms with Crippen molar-refractivity contribution in [2.24, 2.45) is 0 Å². The summed E-state index contributed by atoms with van der Waals surface area (Å²) in [6.07, 6.45) is -10.7. The van der Waals surface area contributed by atoms with Gasteiger partial charge in [0.25, 0.3) is 0 Å². The summed E-state index contributed by atoms with van der Waals surface area (Å²) in [7, 11) is 0. The van der Waals surface area contributed by atoms with Crippen LogP contribution in [0.2, 0.25) is 0 Å². The molecule has 0 aliphatic heterocycles. The smallest absolute Gasteiger partial charge is 0.282 e. The Labute approximate surface area is 527 Å². The maximum absolute atomic E-state index is 16.5. The van der Waals surface area contributed by atoms with E-state index in [0.717, 1.165) is 99.7 Å². The van der Waals surface area contributed by atoms with Crippen molar-refractivity contribution in [3.63, 3.8) is 0 Å². The quantitative estimate of drug-likeness (QED) is 0.0819. The second-order valence-corrected chi connectivity index (χ2v) is 26.4. The average molecular weight is 1530 g/mol. The number of fused-ring (bicyclic) bond motifs is 9. The molecule has 0 bridgehead atoms. The van der Waals surface area contributed by atoms with Crippen molar-refractivity contribution in [3.8, 4) is 17.2 Å². The molecule has 2 unspecified atom stereocenters. The van der Waals surface area contributed by atoms with Crippen molar-refractivity contribution in [2.75, 3.05) is 9.34 Å². The molecule has 4 nitrogen and oxygen atoms in total. The van der Waals surface area contributed by atoms with Gasteiger partial charge in [-0.3, -0.25) is 9.34 Å². The zero-order valence-corrected chi connectivity index (χ0v) is 51.9. The van der Waals surface area contributed by atoms with Gasteiger partial charge < -0.3 is 0 Å². The molecule has 3 aromatic heterocycles. The van der Waals surface area contributed by atoms with E-state index < -0.39 is 41.0 Å². The van der Waals surface area contributed by atoms with Gasteiger partial charge in [-0.1, -0.05) is 85.6 Å². The minimum absolute atomic E-state index is 0.0284. The lowest BCUT2D eigenvalue weighted by Crippen LogP contribution is -2.17. The number of hydrogen-bond donors (Lipinski definition) is 0. The van der Waals surface area contributed by atoms with Gasteiger partial charge in [-0.2, -0.15) is 44.8 Å². The summed E-state index contributed by atoms with van der Waals surface area (Å²) in [4.78, 5) is 0. The van der Waals surface area contributed by atoms with Crippen LogP contribution in [-0.2, 0) is 18.5 Å². The predicted molar refractivity (Wildman–Crippen MR) is 348 cm³/mol. The Bertz CT molecular complexity index is 4640. The summed E-state index contributed by atoms with van der Waals surface area (Å²) in [5.41, 5.74) is 3.95. The topological polar surface area (TPSA) is 33.5 Å². The number of nitrogens with zero attached hydrogens (tertiary/aromatic N) is 4. The number of nitriles is 1. The number of rotatable bonds is 9. The third kappa shape index (κ3) is 9.89. The third-order valence-corrected chi connectivity index (χ3v) is 22.8. The van der Waals surface area contributed by atoms with E-state index in [-0.39, 0.29) is 42.4 Å². The molecule has 12 aromatic rings. The van der Waals surface area contributed by atoms with Gasteiger partial charge in [0.2, 0.25) is 0 Å². The first-order chi connectivity index (χ1) is 40.2. The van der Waals surface area contributed by atoms with Gasteiger partial charge in [0, 0.05) is 52.0 Å². The fraction of sp³-hybridized carbons (Fsp3) is 0.141. The molecular formula is C64H37F10I3N4S3. The van der Waals surface area contributed by atoms with Crippen molar-refractivity contribution in [1.29, 1.82) is 5.26 Å². The highest BCUT2D eigenvalue weighted by Gasteiger charge is 2.39. The Morgan fingerprint density at radius 2 is 0.869 bits per heavy atom. The summed E-state index contributed by atoms with van der Waals surface area (Å²) in [6, 6.07) is 46.7. The highest BCUT2D eigenvalue weighted by Crippen LogP contribution is 2.56. The Morgan fingerprint density at radius 1 is 0.429 bits per heavy atom. The Balaban J connectivity index is 0.874. The Morgan fingerprint density at radius 3 is 1.44 bits per heavy atom. The highest BCUT2D eigenvalue weighted by atomic mass is 127. The van der Waals surface area contributed by atoms with Crippen molar-refractivity contribution >= 4 is 197 Å². The molecule has 1 aliphatic carbocycles. The molecule has 2 atom stereocenters. The van der Waals surface area contributed by atoms with Gasteiger partial charge in [0.15, 0.2) is 0 Å². The molecule has 9 aromatic carbocycles. The lowest BCUT2D eigenvalue weighted by Gasteiger charge is -2.33. The summed E-state index contributed by atoms with van der Waals surface area (Å²) >= 11 is 9.39. The Hall–Kier alpha value is -5.98. The average Bonchev–Trinajstić information content (AvgIpc) is 1.79. The van der Waals surface area contributed by atoms with Gasteiger partial charge in [-0.05, 0) is 132 Å². The van der Waals surface area contributed by atoms with Crippen LogP contribution in [0, 0.1) is 17.1 Å².